The fourth-order valence-electron chi connectivity index (χ4n) is 3.76. The standard InChI is InChI=1S/C22H17AsN4O14S3/c28-21-18-11(8-16(43(36,37)38)19(21)26-24-12-4-3-5-13(10-12)42(33,34)35)9-17(44(39,40)41)20(22(18)29)27-25-15-7-2-1-6-14(15)23(30,31)32/h1-10,28-29H,(H2,30,31,32)(H,33,34,35)(H,36,37,38)(H,39,40,41). The Morgan fingerprint density at radius 1 is 0.614 bits per heavy atom. The molecule has 0 aliphatic heterocycles. The molecule has 232 valence electrons. The summed E-state index contributed by atoms with van der Waals surface area (Å²) in [4.78, 5) is -2.99. The summed E-state index contributed by atoms with van der Waals surface area (Å²) < 4.78 is 131. The molecule has 4 aromatic rings. The number of nitrogens with zero attached hydrogens (tertiary/aromatic N) is 4. The van der Waals surface area contributed by atoms with Gasteiger partial charge >= 0.3 is 199 Å². The van der Waals surface area contributed by atoms with Crippen LogP contribution in [0.15, 0.2) is 95.8 Å². The van der Waals surface area contributed by atoms with E-state index in [4.69, 9.17) is 0 Å². The third kappa shape index (κ3) is 6.85. The van der Waals surface area contributed by atoms with Gasteiger partial charge in [0.15, 0.2) is 0 Å². The summed E-state index contributed by atoms with van der Waals surface area (Å²) in [6.45, 7) is 0. The fraction of sp³-hybridized carbons (Fsp3) is 0. The SMILES string of the molecule is O=S(=O)(O)c1cccc(N=Nc2c(S(=O)(=O)O)cc3cc(S(=O)(=O)O)c(N=Nc4ccccc4[As](=O)(O)O)c(O)c3c2O)c1. The molecule has 4 aromatic carbocycles. The zero-order valence-corrected chi connectivity index (χ0v) is 25.5. The van der Waals surface area contributed by atoms with E-state index in [9.17, 15) is 61.1 Å². The molecule has 0 aromatic heterocycles. The minimum atomic E-state index is -5.61. The Morgan fingerprint density at radius 3 is 1.64 bits per heavy atom. The zero-order valence-electron chi connectivity index (χ0n) is 21.2. The summed E-state index contributed by atoms with van der Waals surface area (Å²) in [5.41, 5.74) is -2.85. The van der Waals surface area contributed by atoms with E-state index in [0.29, 0.717) is 12.1 Å². The van der Waals surface area contributed by atoms with Crippen LogP contribution in [0.2, 0.25) is 0 Å². The summed E-state index contributed by atoms with van der Waals surface area (Å²) >= 11 is -5.61. The van der Waals surface area contributed by atoms with Crippen molar-refractivity contribution in [1.29, 1.82) is 0 Å². The van der Waals surface area contributed by atoms with E-state index in [1.165, 1.54) is 12.1 Å². The summed E-state index contributed by atoms with van der Waals surface area (Å²) in [6, 6.07) is 9.88. The van der Waals surface area contributed by atoms with Gasteiger partial charge < -0.3 is 0 Å². The van der Waals surface area contributed by atoms with Gasteiger partial charge in [0.05, 0.1) is 4.90 Å². The van der Waals surface area contributed by atoms with Gasteiger partial charge in [0.25, 0.3) is 10.1 Å². The molecule has 0 unspecified atom stereocenters. The minimum Gasteiger partial charge on any atom is -0.0134 e. The van der Waals surface area contributed by atoms with Crippen LogP contribution in [0.1, 0.15) is 0 Å². The predicted octanol–water partition coefficient (Wildman–Crippen LogP) is 2.38. The molecular formula is C22H17AsN4O14S3. The van der Waals surface area contributed by atoms with Crippen molar-refractivity contribution in [2.24, 2.45) is 20.5 Å². The minimum absolute atomic E-state index is 0.299. The number of hydrogen-bond acceptors (Lipinski definition) is 13. The van der Waals surface area contributed by atoms with E-state index < -0.39 is 103 Å². The van der Waals surface area contributed by atoms with Gasteiger partial charge in [-0.05, 0) is 18.2 Å². The van der Waals surface area contributed by atoms with Crippen LogP contribution in [0.5, 0.6) is 11.5 Å². The zero-order chi connectivity index (χ0) is 32.8. The second kappa shape index (κ2) is 11.5. The summed E-state index contributed by atoms with van der Waals surface area (Å²) in [7, 11) is -15.3. The van der Waals surface area contributed by atoms with E-state index in [-0.39, 0.29) is 5.69 Å². The maximum Gasteiger partial charge on any atom is -0.0134 e. The molecule has 7 N–H and O–H groups in total. The molecule has 0 spiro atoms. The summed E-state index contributed by atoms with van der Waals surface area (Å²) in [5.74, 6) is -2.48. The maximum atomic E-state index is 12.2. The Hall–Kier alpha value is -4.05. The second-order valence-electron chi connectivity index (χ2n) is 8.60. The third-order valence-electron chi connectivity index (χ3n) is 5.64. The average Bonchev–Trinajstić information content (AvgIpc) is 2.89. The molecule has 0 bridgehead atoms. The van der Waals surface area contributed by atoms with Gasteiger partial charge in [-0.25, -0.2) is 0 Å². The van der Waals surface area contributed by atoms with Gasteiger partial charge in [-0.2, -0.15) is 8.42 Å². The molecule has 0 heterocycles. The molecule has 0 aliphatic carbocycles. The van der Waals surface area contributed by atoms with Crippen LogP contribution in [-0.4, -0.2) is 71.5 Å². The van der Waals surface area contributed by atoms with Gasteiger partial charge in [0.1, 0.15) is 0 Å². The first-order valence-electron chi connectivity index (χ1n) is 11.3. The molecule has 44 heavy (non-hydrogen) atoms. The largest absolute Gasteiger partial charge is 0.0134 e. The molecule has 0 amide bonds. The van der Waals surface area contributed by atoms with Crippen molar-refractivity contribution >= 4 is 82.4 Å². The average molecular weight is 733 g/mol. The maximum absolute atomic E-state index is 12.2. The topological polar surface area (TPSA) is 311 Å². The molecule has 0 saturated heterocycles. The fourth-order valence-corrected chi connectivity index (χ4v) is 7.06. The Morgan fingerprint density at radius 2 is 1.14 bits per heavy atom. The summed E-state index contributed by atoms with van der Waals surface area (Å²) in [6.07, 6.45) is 0. The van der Waals surface area contributed by atoms with Gasteiger partial charge in [0, 0.05) is 0 Å². The van der Waals surface area contributed by atoms with Gasteiger partial charge in [-0.3, -0.25) is 4.55 Å². The molecule has 18 nitrogen and oxygen atoms in total. The van der Waals surface area contributed by atoms with Crippen LogP contribution >= 0.6 is 0 Å². The number of fused-ring (bicyclic) bond motifs is 1. The van der Waals surface area contributed by atoms with Crippen molar-refractivity contribution in [1.82, 2.24) is 0 Å². The second-order valence-corrected chi connectivity index (χ2v) is 16.1. The van der Waals surface area contributed by atoms with Crippen LogP contribution in [0, 0.1) is 0 Å². The smallest absolute Gasteiger partial charge is 0.0134 e. The van der Waals surface area contributed by atoms with E-state index in [0.717, 1.165) is 36.4 Å². The monoisotopic (exact) mass is 732 g/mol. The number of benzene rings is 4. The van der Waals surface area contributed by atoms with Crippen LogP contribution in [-0.2, 0) is 34.1 Å². The Kier molecular flexibility index (Phi) is 8.56. The molecule has 0 saturated carbocycles. The van der Waals surface area contributed by atoms with Crippen molar-refractivity contribution in [2.45, 2.75) is 14.7 Å². The van der Waals surface area contributed by atoms with Crippen molar-refractivity contribution in [3.63, 3.8) is 0 Å². The number of rotatable bonds is 8. The van der Waals surface area contributed by atoms with E-state index >= 15 is 0 Å². The molecule has 0 radical (unpaired) electrons. The van der Waals surface area contributed by atoms with Crippen molar-refractivity contribution in [2.75, 3.05) is 0 Å². The number of phenolic OH excluding ortho intramolecular Hbond substituents is 2. The molecule has 0 aliphatic rings. The van der Waals surface area contributed by atoms with E-state index in [1.54, 1.807) is 0 Å². The summed E-state index contributed by atoms with van der Waals surface area (Å²) in [5, 5.41) is 34.8. The van der Waals surface area contributed by atoms with Gasteiger partial charge in [-0.15, -0.1) is 0 Å². The number of aromatic hydroxyl groups is 2. The molecular weight excluding hydrogens is 715 g/mol. The van der Waals surface area contributed by atoms with Crippen LogP contribution in [0.4, 0.5) is 22.7 Å². The van der Waals surface area contributed by atoms with Gasteiger partial charge in [0.2, 0.25) is 0 Å². The Balaban J connectivity index is 2.03. The first kappa shape index (κ1) is 32.9. The molecule has 4 rings (SSSR count). The van der Waals surface area contributed by atoms with Crippen LogP contribution in [0.3, 0.4) is 0 Å². The van der Waals surface area contributed by atoms with Crippen molar-refractivity contribution in [3.05, 3.63) is 60.7 Å². The normalized spacial score (nSPS) is 13.3. The molecule has 0 atom stereocenters. The van der Waals surface area contributed by atoms with Gasteiger partial charge in [-0.1, -0.05) is 6.07 Å². The van der Waals surface area contributed by atoms with Crippen LogP contribution < -0.4 is 4.35 Å². The quantitative estimate of drug-likeness (QED) is 0.0777. The van der Waals surface area contributed by atoms with Crippen LogP contribution in [0.25, 0.3) is 10.8 Å². The molecule has 22 heteroatoms. The Bertz CT molecular complexity index is 2280. The molecule has 0 fully saturated rings. The Labute approximate surface area is 249 Å². The first-order chi connectivity index (χ1) is 20.2. The predicted molar refractivity (Wildman–Crippen MR) is 148 cm³/mol. The number of azo groups is 2. The van der Waals surface area contributed by atoms with E-state index in [1.807, 2.05) is 0 Å². The number of hydrogen-bond donors (Lipinski definition) is 7. The number of phenols is 2. The third-order valence-corrected chi connectivity index (χ3v) is 10.3. The van der Waals surface area contributed by atoms with Crippen molar-refractivity contribution in [3.8, 4) is 11.5 Å². The van der Waals surface area contributed by atoms with E-state index in [2.05, 4.69) is 20.5 Å². The van der Waals surface area contributed by atoms with Crippen molar-refractivity contribution < 1.29 is 61.1 Å². The first-order valence-corrected chi connectivity index (χ1v) is 19.0.